The molecule has 1 N–H and O–H groups in total. The van der Waals surface area contributed by atoms with Crippen molar-refractivity contribution in [2.75, 3.05) is 6.61 Å². The minimum atomic E-state index is -0.762. The largest absolute Gasteiger partial charge is 0.491 e. The Kier molecular flexibility index (Phi) is 6.03. The number of nitro benzene ring substituents is 1. The van der Waals surface area contributed by atoms with Gasteiger partial charge in [-0.15, -0.1) is 0 Å². The molecule has 7 heteroatoms. The Morgan fingerprint density at radius 2 is 2.07 bits per heavy atom. The zero-order valence-electron chi connectivity index (χ0n) is 15.2. The van der Waals surface area contributed by atoms with Crippen molar-refractivity contribution in [1.82, 2.24) is 9.55 Å². The van der Waals surface area contributed by atoms with E-state index in [1.54, 1.807) is 12.1 Å². The molecule has 7 nitrogen and oxygen atoms in total. The number of aliphatic hydroxyl groups is 1. The van der Waals surface area contributed by atoms with Crippen LogP contribution in [-0.4, -0.2) is 32.3 Å². The molecule has 0 radical (unpaired) electrons. The molecule has 0 amide bonds. The van der Waals surface area contributed by atoms with Gasteiger partial charge in [-0.1, -0.05) is 31.5 Å². The molecule has 0 saturated carbocycles. The van der Waals surface area contributed by atoms with Crippen LogP contribution in [0.25, 0.3) is 11.0 Å². The van der Waals surface area contributed by atoms with Crippen LogP contribution in [0.15, 0.2) is 48.5 Å². The molecule has 0 fully saturated rings. The van der Waals surface area contributed by atoms with Crippen LogP contribution in [0.5, 0.6) is 5.75 Å². The van der Waals surface area contributed by atoms with Crippen LogP contribution >= 0.6 is 0 Å². The fourth-order valence-electron chi connectivity index (χ4n) is 3.00. The van der Waals surface area contributed by atoms with Gasteiger partial charge in [0.2, 0.25) is 0 Å². The lowest BCUT2D eigenvalue weighted by atomic mass is 10.2. The van der Waals surface area contributed by atoms with E-state index in [0.717, 1.165) is 36.1 Å². The van der Waals surface area contributed by atoms with E-state index in [9.17, 15) is 15.2 Å². The highest BCUT2D eigenvalue weighted by molar-refractivity contribution is 5.75. The summed E-state index contributed by atoms with van der Waals surface area (Å²) in [6.07, 6.45) is 2.19. The molecule has 0 aliphatic rings. The van der Waals surface area contributed by atoms with Crippen molar-refractivity contribution in [3.63, 3.8) is 0 Å². The molecule has 0 aliphatic carbocycles. The van der Waals surface area contributed by atoms with Gasteiger partial charge in [0.1, 0.15) is 24.3 Å². The number of aromatic nitrogens is 2. The molecule has 3 aromatic rings. The molecule has 0 bridgehead atoms. The van der Waals surface area contributed by atoms with Gasteiger partial charge in [0.15, 0.2) is 0 Å². The molecule has 0 spiro atoms. The lowest BCUT2D eigenvalue weighted by molar-refractivity contribution is -0.384. The number of fused-ring (bicyclic) bond motifs is 1. The van der Waals surface area contributed by atoms with Gasteiger partial charge < -0.3 is 14.4 Å². The fourth-order valence-corrected chi connectivity index (χ4v) is 3.00. The molecule has 1 atom stereocenters. The van der Waals surface area contributed by atoms with Crippen molar-refractivity contribution in [1.29, 1.82) is 0 Å². The summed E-state index contributed by atoms with van der Waals surface area (Å²) in [6, 6.07) is 13.8. The summed E-state index contributed by atoms with van der Waals surface area (Å²) in [7, 11) is 0. The van der Waals surface area contributed by atoms with Gasteiger partial charge in [-0.3, -0.25) is 10.1 Å². The summed E-state index contributed by atoms with van der Waals surface area (Å²) >= 11 is 0. The highest BCUT2D eigenvalue weighted by Crippen LogP contribution is 2.21. The number of hydrogen-bond acceptors (Lipinski definition) is 5. The van der Waals surface area contributed by atoms with Gasteiger partial charge in [-0.25, -0.2) is 4.98 Å². The van der Waals surface area contributed by atoms with Gasteiger partial charge in [0.05, 0.1) is 28.6 Å². The topological polar surface area (TPSA) is 90.4 Å². The van der Waals surface area contributed by atoms with E-state index in [0.29, 0.717) is 12.3 Å². The zero-order valence-corrected chi connectivity index (χ0v) is 15.2. The van der Waals surface area contributed by atoms with Gasteiger partial charge in [-0.05, 0) is 24.6 Å². The summed E-state index contributed by atoms with van der Waals surface area (Å²) < 4.78 is 7.59. The number of benzene rings is 2. The van der Waals surface area contributed by atoms with Crippen molar-refractivity contribution in [2.24, 2.45) is 0 Å². The van der Waals surface area contributed by atoms with E-state index in [-0.39, 0.29) is 12.3 Å². The predicted molar refractivity (Wildman–Crippen MR) is 103 cm³/mol. The fraction of sp³-hybridized carbons (Fsp3) is 0.350. The third-order valence-electron chi connectivity index (χ3n) is 4.35. The van der Waals surface area contributed by atoms with E-state index >= 15 is 0 Å². The number of hydrogen-bond donors (Lipinski definition) is 1. The smallest absolute Gasteiger partial charge is 0.273 e. The average molecular weight is 369 g/mol. The van der Waals surface area contributed by atoms with Gasteiger partial charge >= 0.3 is 0 Å². The summed E-state index contributed by atoms with van der Waals surface area (Å²) in [6.45, 7) is 2.53. The summed E-state index contributed by atoms with van der Waals surface area (Å²) in [5.41, 5.74) is 1.86. The van der Waals surface area contributed by atoms with Crippen molar-refractivity contribution in [3.8, 4) is 5.75 Å². The van der Waals surface area contributed by atoms with Gasteiger partial charge in [0, 0.05) is 12.5 Å². The SMILES string of the molecule is CCCCc1nc2ccccc2n1C[C@@H](O)COc1cccc([N+](=O)[O-])c1. The van der Waals surface area contributed by atoms with E-state index in [1.807, 2.05) is 28.8 Å². The number of rotatable bonds is 9. The molecule has 0 unspecified atom stereocenters. The molecule has 27 heavy (non-hydrogen) atoms. The minimum absolute atomic E-state index is 0.0376. The van der Waals surface area contributed by atoms with Gasteiger partial charge in [0.25, 0.3) is 5.69 Å². The van der Waals surface area contributed by atoms with Crippen molar-refractivity contribution < 1.29 is 14.8 Å². The normalized spacial score (nSPS) is 12.2. The number of unbranched alkanes of at least 4 members (excludes halogenated alkanes) is 1. The summed E-state index contributed by atoms with van der Waals surface area (Å²) in [4.78, 5) is 15.1. The molecule has 0 saturated heterocycles. The Morgan fingerprint density at radius 3 is 2.85 bits per heavy atom. The molecular weight excluding hydrogens is 346 g/mol. The maximum Gasteiger partial charge on any atom is 0.273 e. The highest BCUT2D eigenvalue weighted by Gasteiger charge is 2.15. The third kappa shape index (κ3) is 4.62. The standard InChI is InChI=1S/C20H23N3O4/c1-2-3-11-20-21-18-9-4-5-10-19(18)22(20)13-16(24)14-27-17-8-6-7-15(12-17)23(25)26/h4-10,12,16,24H,2-3,11,13-14H2,1H3/t16-/m1/s1. The number of nitro groups is 1. The first-order chi connectivity index (χ1) is 13.1. The lowest BCUT2D eigenvalue weighted by Crippen LogP contribution is -2.24. The molecule has 1 heterocycles. The Labute approximate surface area is 157 Å². The molecule has 142 valence electrons. The Morgan fingerprint density at radius 1 is 1.26 bits per heavy atom. The van der Waals surface area contributed by atoms with Gasteiger partial charge in [-0.2, -0.15) is 0 Å². The minimum Gasteiger partial charge on any atom is -0.491 e. The number of nitrogens with zero attached hydrogens (tertiary/aromatic N) is 3. The maximum absolute atomic E-state index is 10.8. The van der Waals surface area contributed by atoms with Crippen molar-refractivity contribution in [3.05, 3.63) is 64.5 Å². The van der Waals surface area contributed by atoms with Crippen LogP contribution in [-0.2, 0) is 13.0 Å². The summed E-state index contributed by atoms with van der Waals surface area (Å²) in [5.74, 6) is 1.32. The van der Waals surface area contributed by atoms with Crippen molar-refractivity contribution in [2.45, 2.75) is 38.8 Å². The van der Waals surface area contributed by atoms with E-state index < -0.39 is 11.0 Å². The van der Waals surface area contributed by atoms with Crippen LogP contribution < -0.4 is 4.74 Å². The van der Waals surface area contributed by atoms with Crippen LogP contribution in [0.4, 0.5) is 5.69 Å². The Balaban J connectivity index is 1.71. The molecule has 3 rings (SSSR count). The molecule has 1 aromatic heterocycles. The van der Waals surface area contributed by atoms with Crippen LogP contribution in [0, 0.1) is 10.1 Å². The number of imidazole rings is 1. The first kappa shape index (κ1) is 18.8. The molecule has 2 aromatic carbocycles. The zero-order chi connectivity index (χ0) is 19.2. The van der Waals surface area contributed by atoms with Crippen LogP contribution in [0.2, 0.25) is 0 Å². The summed E-state index contributed by atoms with van der Waals surface area (Å²) in [5, 5.41) is 21.3. The third-order valence-corrected chi connectivity index (χ3v) is 4.35. The Hall–Kier alpha value is -2.93. The number of non-ortho nitro benzene ring substituents is 1. The number of para-hydroxylation sites is 2. The second-order valence-electron chi connectivity index (χ2n) is 6.45. The first-order valence-electron chi connectivity index (χ1n) is 9.08. The highest BCUT2D eigenvalue weighted by atomic mass is 16.6. The molecular formula is C20H23N3O4. The monoisotopic (exact) mass is 369 g/mol. The maximum atomic E-state index is 10.8. The second kappa shape index (κ2) is 8.64. The van der Waals surface area contributed by atoms with Crippen LogP contribution in [0.1, 0.15) is 25.6 Å². The predicted octanol–water partition coefficient (Wildman–Crippen LogP) is 3.73. The first-order valence-corrected chi connectivity index (χ1v) is 9.08. The van der Waals surface area contributed by atoms with E-state index in [4.69, 9.17) is 4.74 Å². The quantitative estimate of drug-likeness (QED) is 0.458. The second-order valence-corrected chi connectivity index (χ2v) is 6.45. The van der Waals surface area contributed by atoms with E-state index in [1.165, 1.54) is 12.1 Å². The van der Waals surface area contributed by atoms with Crippen LogP contribution in [0.3, 0.4) is 0 Å². The number of ether oxygens (including phenoxy) is 1. The molecule has 0 aliphatic heterocycles. The van der Waals surface area contributed by atoms with Crippen molar-refractivity contribution >= 4 is 16.7 Å². The Bertz CT molecular complexity index is 922. The van der Waals surface area contributed by atoms with E-state index in [2.05, 4.69) is 11.9 Å². The number of aryl methyl sites for hydroxylation is 1. The average Bonchev–Trinajstić information content (AvgIpc) is 3.02. The lowest BCUT2D eigenvalue weighted by Gasteiger charge is -2.15. The number of aliphatic hydroxyl groups excluding tert-OH is 1.